The van der Waals surface area contributed by atoms with Gasteiger partial charge in [0, 0.05) is 6.61 Å². The molecule has 0 aliphatic carbocycles. The Labute approximate surface area is 77.2 Å². The minimum absolute atomic E-state index is 0.389. The van der Waals surface area contributed by atoms with Crippen LogP contribution < -0.4 is 0 Å². The average Bonchev–Trinajstić information content (AvgIpc) is 2.10. The lowest BCUT2D eigenvalue weighted by Crippen LogP contribution is -2.05. The molecule has 0 aromatic heterocycles. The van der Waals surface area contributed by atoms with E-state index in [1.807, 2.05) is 0 Å². The van der Waals surface area contributed by atoms with Crippen LogP contribution in [0.15, 0.2) is 0 Å². The van der Waals surface area contributed by atoms with Crippen molar-refractivity contribution in [2.75, 3.05) is 6.61 Å². The molecule has 0 aromatic rings. The van der Waals surface area contributed by atoms with Gasteiger partial charge >= 0.3 is 0 Å². The van der Waals surface area contributed by atoms with Crippen molar-refractivity contribution in [2.24, 2.45) is 5.92 Å². The Kier molecular flexibility index (Phi) is 9.02. The second-order valence-electron chi connectivity index (χ2n) is 3.69. The second kappa shape index (κ2) is 9.05. The topological polar surface area (TPSA) is 20.2 Å². The van der Waals surface area contributed by atoms with E-state index in [1.54, 1.807) is 0 Å². The molecule has 0 aromatic carbocycles. The third-order valence-corrected chi connectivity index (χ3v) is 2.42. The molecule has 0 rings (SSSR count). The predicted octanol–water partition coefficient (Wildman–Crippen LogP) is 3.37. The summed E-state index contributed by atoms with van der Waals surface area (Å²) in [6, 6.07) is 0. The van der Waals surface area contributed by atoms with Gasteiger partial charge in [0.1, 0.15) is 0 Å². The maximum absolute atomic E-state index is 9.01. The summed E-state index contributed by atoms with van der Waals surface area (Å²) in [5.74, 6) is 0.576. The molecule has 0 heterocycles. The fourth-order valence-corrected chi connectivity index (χ4v) is 1.59. The van der Waals surface area contributed by atoms with E-state index in [9.17, 15) is 0 Å². The molecule has 0 saturated heterocycles. The summed E-state index contributed by atoms with van der Waals surface area (Å²) in [6.07, 6.45) is 8.93. The first-order chi connectivity index (χ1) is 5.85. The first kappa shape index (κ1) is 12.0. The lowest BCUT2D eigenvalue weighted by molar-refractivity contribution is 0.206. The van der Waals surface area contributed by atoms with Crippen molar-refractivity contribution in [3.63, 3.8) is 0 Å². The standard InChI is InChI=1S/C11H24O/c1-3-5-6-7-9-11(10-12)8-4-2/h11-12H,3-10H2,1-2H3/t11-/m1/s1. The van der Waals surface area contributed by atoms with Crippen molar-refractivity contribution >= 4 is 0 Å². The van der Waals surface area contributed by atoms with Crippen LogP contribution in [0.3, 0.4) is 0 Å². The van der Waals surface area contributed by atoms with Gasteiger partial charge in [-0.15, -0.1) is 0 Å². The second-order valence-corrected chi connectivity index (χ2v) is 3.69. The lowest BCUT2D eigenvalue weighted by Gasteiger charge is -2.11. The molecule has 0 spiro atoms. The van der Waals surface area contributed by atoms with Crippen LogP contribution in [0.25, 0.3) is 0 Å². The van der Waals surface area contributed by atoms with E-state index in [0.29, 0.717) is 12.5 Å². The molecule has 1 nitrogen and oxygen atoms in total. The van der Waals surface area contributed by atoms with Crippen molar-refractivity contribution in [1.82, 2.24) is 0 Å². The normalized spacial score (nSPS) is 13.2. The molecule has 0 fully saturated rings. The minimum atomic E-state index is 0.389. The molecule has 1 heteroatoms. The zero-order valence-corrected chi connectivity index (χ0v) is 8.68. The Morgan fingerprint density at radius 3 is 2.17 bits per heavy atom. The van der Waals surface area contributed by atoms with Gasteiger partial charge in [-0.3, -0.25) is 0 Å². The molecule has 74 valence electrons. The van der Waals surface area contributed by atoms with Gasteiger partial charge in [0.2, 0.25) is 0 Å². The summed E-state index contributed by atoms with van der Waals surface area (Å²) in [6.45, 7) is 4.81. The van der Waals surface area contributed by atoms with Gasteiger partial charge in [-0.05, 0) is 18.8 Å². The van der Waals surface area contributed by atoms with Gasteiger partial charge in [-0.2, -0.15) is 0 Å². The first-order valence-electron chi connectivity index (χ1n) is 5.46. The van der Waals surface area contributed by atoms with Crippen molar-refractivity contribution in [3.05, 3.63) is 0 Å². The number of aliphatic hydroxyl groups excluding tert-OH is 1. The quantitative estimate of drug-likeness (QED) is 0.557. The van der Waals surface area contributed by atoms with Gasteiger partial charge < -0.3 is 5.11 Å². The van der Waals surface area contributed by atoms with E-state index in [-0.39, 0.29) is 0 Å². The van der Waals surface area contributed by atoms with Crippen LogP contribution in [0.4, 0.5) is 0 Å². The Morgan fingerprint density at radius 1 is 0.917 bits per heavy atom. The van der Waals surface area contributed by atoms with Crippen LogP contribution in [0, 0.1) is 5.92 Å². The fraction of sp³-hybridized carbons (Fsp3) is 1.00. The molecule has 0 bridgehead atoms. The maximum atomic E-state index is 9.01. The van der Waals surface area contributed by atoms with Crippen molar-refractivity contribution in [3.8, 4) is 0 Å². The number of hydrogen-bond acceptors (Lipinski definition) is 1. The number of unbranched alkanes of at least 4 members (excludes halogenated alkanes) is 3. The molecule has 0 aliphatic heterocycles. The highest BCUT2D eigenvalue weighted by molar-refractivity contribution is 4.57. The summed E-state index contributed by atoms with van der Waals surface area (Å²) in [5, 5.41) is 9.01. The number of hydrogen-bond donors (Lipinski definition) is 1. The van der Waals surface area contributed by atoms with Crippen LogP contribution in [0.5, 0.6) is 0 Å². The smallest absolute Gasteiger partial charge is 0.0459 e. The van der Waals surface area contributed by atoms with Crippen LogP contribution in [0.2, 0.25) is 0 Å². The third kappa shape index (κ3) is 6.66. The fourth-order valence-electron chi connectivity index (χ4n) is 1.59. The zero-order valence-electron chi connectivity index (χ0n) is 8.68. The van der Waals surface area contributed by atoms with Crippen molar-refractivity contribution in [1.29, 1.82) is 0 Å². The minimum Gasteiger partial charge on any atom is -0.396 e. The summed E-state index contributed by atoms with van der Waals surface area (Å²) in [7, 11) is 0. The summed E-state index contributed by atoms with van der Waals surface area (Å²) >= 11 is 0. The predicted molar refractivity (Wildman–Crippen MR) is 54.2 cm³/mol. The lowest BCUT2D eigenvalue weighted by atomic mass is 9.97. The van der Waals surface area contributed by atoms with E-state index >= 15 is 0 Å². The van der Waals surface area contributed by atoms with E-state index in [4.69, 9.17) is 5.11 Å². The molecule has 1 atom stereocenters. The Morgan fingerprint density at radius 2 is 1.67 bits per heavy atom. The summed E-state index contributed by atoms with van der Waals surface area (Å²) in [4.78, 5) is 0. The summed E-state index contributed by atoms with van der Waals surface area (Å²) in [5.41, 5.74) is 0. The Bertz CT molecular complexity index is 81.1. The highest BCUT2D eigenvalue weighted by atomic mass is 16.3. The Hall–Kier alpha value is -0.0400. The van der Waals surface area contributed by atoms with Gasteiger partial charge in [0.25, 0.3) is 0 Å². The van der Waals surface area contributed by atoms with Crippen LogP contribution >= 0.6 is 0 Å². The molecule has 0 amide bonds. The molecular formula is C11H24O. The van der Waals surface area contributed by atoms with E-state index in [0.717, 1.165) is 0 Å². The number of aliphatic hydroxyl groups is 1. The highest BCUT2D eigenvalue weighted by Gasteiger charge is 2.04. The van der Waals surface area contributed by atoms with Crippen LogP contribution in [0.1, 0.15) is 58.8 Å². The Balaban J connectivity index is 3.19. The largest absolute Gasteiger partial charge is 0.396 e. The molecular weight excluding hydrogens is 148 g/mol. The highest BCUT2D eigenvalue weighted by Crippen LogP contribution is 2.15. The molecule has 0 saturated carbocycles. The van der Waals surface area contributed by atoms with E-state index in [1.165, 1.54) is 44.9 Å². The van der Waals surface area contributed by atoms with Gasteiger partial charge in [-0.1, -0.05) is 46.0 Å². The van der Waals surface area contributed by atoms with Crippen LogP contribution in [-0.2, 0) is 0 Å². The third-order valence-electron chi connectivity index (χ3n) is 2.42. The van der Waals surface area contributed by atoms with E-state index in [2.05, 4.69) is 13.8 Å². The van der Waals surface area contributed by atoms with Gasteiger partial charge in [-0.25, -0.2) is 0 Å². The summed E-state index contributed by atoms with van der Waals surface area (Å²) < 4.78 is 0. The molecule has 0 aliphatic rings. The number of rotatable bonds is 8. The molecule has 0 unspecified atom stereocenters. The van der Waals surface area contributed by atoms with Crippen LogP contribution in [-0.4, -0.2) is 11.7 Å². The van der Waals surface area contributed by atoms with Gasteiger partial charge in [0.15, 0.2) is 0 Å². The average molecular weight is 172 g/mol. The SMILES string of the molecule is CCCCCC[C@H](CO)CCC. The van der Waals surface area contributed by atoms with E-state index < -0.39 is 0 Å². The first-order valence-corrected chi connectivity index (χ1v) is 5.46. The van der Waals surface area contributed by atoms with Crippen molar-refractivity contribution in [2.45, 2.75) is 58.8 Å². The monoisotopic (exact) mass is 172 g/mol. The maximum Gasteiger partial charge on any atom is 0.0459 e. The molecule has 0 radical (unpaired) electrons. The molecule has 1 N–H and O–H groups in total. The zero-order chi connectivity index (χ0) is 9.23. The van der Waals surface area contributed by atoms with Crippen molar-refractivity contribution < 1.29 is 5.11 Å². The molecule has 12 heavy (non-hydrogen) atoms. The van der Waals surface area contributed by atoms with Gasteiger partial charge in [0.05, 0.1) is 0 Å².